The minimum absolute atomic E-state index is 0.0820. The minimum atomic E-state index is -0.0820. The average Bonchev–Trinajstić information content (AvgIpc) is 1.83. The van der Waals surface area contributed by atoms with Gasteiger partial charge in [0.25, 0.3) is 0 Å². The molecule has 0 aromatic carbocycles. The number of alkyl halides is 1. The summed E-state index contributed by atoms with van der Waals surface area (Å²) in [6.45, 7) is 6.18. The summed E-state index contributed by atoms with van der Waals surface area (Å²) in [5.41, 5.74) is -0.0820. The molecule has 0 amide bonds. The van der Waals surface area contributed by atoms with Gasteiger partial charge in [0.2, 0.25) is 0 Å². The van der Waals surface area contributed by atoms with E-state index in [4.69, 9.17) is 4.74 Å². The molecule has 0 radical (unpaired) electrons. The second-order valence-electron chi connectivity index (χ2n) is 3.34. The van der Waals surface area contributed by atoms with Crippen LogP contribution in [0, 0.1) is 0 Å². The standard InChI is InChI=1S/C8H12Br2O/c1-5-6(9)4-7(10)8(2,3)11-5/h7H,4H2,1-3H3. The topological polar surface area (TPSA) is 9.23 Å². The van der Waals surface area contributed by atoms with Gasteiger partial charge in [-0.05, 0) is 27.2 Å². The van der Waals surface area contributed by atoms with Crippen LogP contribution in [0.1, 0.15) is 27.2 Å². The van der Waals surface area contributed by atoms with Crippen molar-refractivity contribution >= 4 is 31.9 Å². The molecule has 0 aromatic rings. The van der Waals surface area contributed by atoms with Gasteiger partial charge in [0.15, 0.2) is 0 Å². The fourth-order valence-electron chi connectivity index (χ4n) is 1.06. The Morgan fingerprint density at radius 2 is 2.09 bits per heavy atom. The Kier molecular flexibility index (Phi) is 2.70. The number of allylic oxidation sites excluding steroid dienone is 2. The zero-order valence-electron chi connectivity index (χ0n) is 6.95. The van der Waals surface area contributed by atoms with Crippen molar-refractivity contribution in [3.05, 3.63) is 10.2 Å². The largest absolute Gasteiger partial charge is 0.490 e. The van der Waals surface area contributed by atoms with E-state index in [9.17, 15) is 0 Å². The Bertz CT molecular complexity index is 196. The number of hydrogen-bond donors (Lipinski definition) is 0. The highest BCUT2D eigenvalue weighted by molar-refractivity contribution is 9.12. The first-order chi connectivity index (χ1) is 4.93. The number of halogens is 2. The summed E-state index contributed by atoms with van der Waals surface area (Å²) in [7, 11) is 0. The summed E-state index contributed by atoms with van der Waals surface area (Å²) in [5.74, 6) is 1.01. The van der Waals surface area contributed by atoms with Crippen molar-refractivity contribution in [2.24, 2.45) is 0 Å². The monoisotopic (exact) mass is 282 g/mol. The Morgan fingerprint density at radius 3 is 2.55 bits per heavy atom. The third kappa shape index (κ3) is 2.00. The van der Waals surface area contributed by atoms with E-state index in [1.165, 1.54) is 4.48 Å². The van der Waals surface area contributed by atoms with Crippen molar-refractivity contribution in [1.82, 2.24) is 0 Å². The lowest BCUT2D eigenvalue weighted by Gasteiger charge is -2.36. The Labute approximate surface area is 84.4 Å². The molecule has 1 rings (SSSR count). The highest BCUT2D eigenvalue weighted by atomic mass is 79.9. The normalized spacial score (nSPS) is 30.1. The third-order valence-electron chi connectivity index (χ3n) is 1.91. The summed E-state index contributed by atoms with van der Waals surface area (Å²) in [4.78, 5) is 0.396. The van der Waals surface area contributed by atoms with E-state index in [1.807, 2.05) is 6.92 Å². The first-order valence-corrected chi connectivity index (χ1v) is 5.32. The molecule has 1 aliphatic heterocycles. The van der Waals surface area contributed by atoms with Crippen molar-refractivity contribution in [1.29, 1.82) is 0 Å². The highest BCUT2D eigenvalue weighted by Crippen LogP contribution is 2.37. The molecule has 1 heterocycles. The van der Waals surface area contributed by atoms with Crippen molar-refractivity contribution in [3.8, 4) is 0 Å². The number of hydrogen-bond acceptors (Lipinski definition) is 1. The van der Waals surface area contributed by atoms with Crippen LogP contribution in [0.15, 0.2) is 10.2 Å². The minimum Gasteiger partial charge on any atom is -0.490 e. The molecule has 64 valence electrons. The molecular weight excluding hydrogens is 272 g/mol. The molecule has 1 unspecified atom stereocenters. The van der Waals surface area contributed by atoms with Crippen LogP contribution < -0.4 is 0 Å². The van der Waals surface area contributed by atoms with Crippen molar-refractivity contribution in [2.45, 2.75) is 37.6 Å². The third-order valence-corrected chi connectivity index (χ3v) is 4.22. The van der Waals surface area contributed by atoms with Crippen LogP contribution in [0.4, 0.5) is 0 Å². The molecule has 1 atom stereocenters. The van der Waals surface area contributed by atoms with Crippen LogP contribution in [0.2, 0.25) is 0 Å². The Balaban J connectivity index is 2.84. The van der Waals surface area contributed by atoms with Gasteiger partial charge in [-0.25, -0.2) is 0 Å². The summed E-state index contributed by atoms with van der Waals surface area (Å²) in [6, 6.07) is 0. The maximum Gasteiger partial charge on any atom is 0.116 e. The van der Waals surface area contributed by atoms with Crippen molar-refractivity contribution < 1.29 is 4.74 Å². The van der Waals surface area contributed by atoms with E-state index in [0.29, 0.717) is 4.83 Å². The first-order valence-electron chi connectivity index (χ1n) is 3.62. The second-order valence-corrected chi connectivity index (χ2v) is 5.40. The van der Waals surface area contributed by atoms with E-state index in [2.05, 4.69) is 45.7 Å². The lowest BCUT2D eigenvalue weighted by Crippen LogP contribution is -2.37. The van der Waals surface area contributed by atoms with E-state index < -0.39 is 0 Å². The Morgan fingerprint density at radius 1 is 1.55 bits per heavy atom. The quantitative estimate of drug-likeness (QED) is 0.618. The Hall–Kier alpha value is 0.500. The van der Waals surface area contributed by atoms with Gasteiger partial charge < -0.3 is 4.74 Å². The summed E-state index contributed by atoms with van der Waals surface area (Å²) >= 11 is 7.06. The fraction of sp³-hybridized carbons (Fsp3) is 0.750. The van der Waals surface area contributed by atoms with Gasteiger partial charge in [0.1, 0.15) is 11.4 Å². The summed E-state index contributed by atoms with van der Waals surface area (Å²) in [6.07, 6.45) is 1.01. The maximum atomic E-state index is 5.68. The fourth-order valence-corrected chi connectivity index (χ4v) is 2.32. The van der Waals surface area contributed by atoms with Gasteiger partial charge in [-0.15, -0.1) is 0 Å². The predicted octanol–water partition coefficient (Wildman–Crippen LogP) is 3.58. The molecule has 1 aliphatic rings. The zero-order valence-corrected chi connectivity index (χ0v) is 10.1. The maximum absolute atomic E-state index is 5.68. The second kappa shape index (κ2) is 3.09. The number of ether oxygens (including phenoxy) is 1. The van der Waals surface area contributed by atoms with E-state index in [0.717, 1.165) is 12.2 Å². The molecule has 0 spiro atoms. The van der Waals surface area contributed by atoms with Crippen LogP contribution in [0.3, 0.4) is 0 Å². The van der Waals surface area contributed by atoms with Crippen molar-refractivity contribution in [2.75, 3.05) is 0 Å². The summed E-state index contributed by atoms with van der Waals surface area (Å²) < 4.78 is 6.85. The molecule has 0 N–H and O–H groups in total. The molecule has 3 heteroatoms. The molecular formula is C8H12Br2O. The average molecular weight is 284 g/mol. The lowest BCUT2D eigenvalue weighted by atomic mass is 9.99. The number of rotatable bonds is 0. The van der Waals surface area contributed by atoms with E-state index >= 15 is 0 Å². The van der Waals surface area contributed by atoms with Gasteiger partial charge >= 0.3 is 0 Å². The molecule has 0 saturated carbocycles. The van der Waals surface area contributed by atoms with Crippen LogP contribution in [-0.4, -0.2) is 10.4 Å². The van der Waals surface area contributed by atoms with Crippen LogP contribution in [0.5, 0.6) is 0 Å². The van der Waals surface area contributed by atoms with Crippen LogP contribution in [0.25, 0.3) is 0 Å². The SMILES string of the molecule is CC1=C(Br)CC(Br)C(C)(C)O1. The van der Waals surface area contributed by atoms with Gasteiger partial charge in [-0.3, -0.25) is 0 Å². The summed E-state index contributed by atoms with van der Waals surface area (Å²) in [5, 5.41) is 0. The van der Waals surface area contributed by atoms with Gasteiger partial charge in [0, 0.05) is 4.48 Å². The lowest BCUT2D eigenvalue weighted by molar-refractivity contribution is 0.0240. The van der Waals surface area contributed by atoms with Gasteiger partial charge in [-0.1, -0.05) is 31.9 Å². The van der Waals surface area contributed by atoms with Gasteiger partial charge in [-0.2, -0.15) is 0 Å². The van der Waals surface area contributed by atoms with E-state index in [-0.39, 0.29) is 5.60 Å². The molecule has 0 aromatic heterocycles. The van der Waals surface area contributed by atoms with Crippen molar-refractivity contribution in [3.63, 3.8) is 0 Å². The predicted molar refractivity (Wildman–Crippen MR) is 54.1 cm³/mol. The van der Waals surface area contributed by atoms with E-state index in [1.54, 1.807) is 0 Å². The molecule has 11 heavy (non-hydrogen) atoms. The molecule has 0 saturated heterocycles. The zero-order chi connectivity index (χ0) is 8.65. The smallest absolute Gasteiger partial charge is 0.116 e. The molecule has 0 bridgehead atoms. The first kappa shape index (κ1) is 9.59. The molecule has 1 nitrogen and oxygen atoms in total. The highest BCUT2D eigenvalue weighted by Gasteiger charge is 2.34. The van der Waals surface area contributed by atoms with Crippen LogP contribution in [-0.2, 0) is 4.74 Å². The molecule has 0 fully saturated rings. The van der Waals surface area contributed by atoms with Crippen LogP contribution >= 0.6 is 31.9 Å². The van der Waals surface area contributed by atoms with Gasteiger partial charge in [0.05, 0.1) is 4.83 Å². The molecule has 0 aliphatic carbocycles.